The van der Waals surface area contributed by atoms with Gasteiger partial charge in [-0.05, 0) is 18.2 Å². The highest BCUT2D eigenvalue weighted by Crippen LogP contribution is 2.20. The van der Waals surface area contributed by atoms with Gasteiger partial charge in [0, 0.05) is 25.5 Å². The molecule has 0 amide bonds. The summed E-state index contributed by atoms with van der Waals surface area (Å²) in [4.78, 5) is 24.6. The van der Waals surface area contributed by atoms with Crippen LogP contribution in [0.25, 0.3) is 0 Å². The van der Waals surface area contributed by atoms with Crippen molar-refractivity contribution in [2.24, 2.45) is 0 Å². The molecule has 6 nitrogen and oxygen atoms in total. The highest BCUT2D eigenvalue weighted by atomic mass is 16.4. The molecule has 0 spiro atoms. The number of hydrogen-bond donors (Lipinski definition) is 2. The van der Waals surface area contributed by atoms with Crippen LogP contribution in [-0.4, -0.2) is 49.3 Å². The van der Waals surface area contributed by atoms with Gasteiger partial charge in [-0.3, -0.25) is 9.59 Å². The SMILES string of the molecule is CN(C)c1cccc(N(CC(=O)O)CC(=O)O)c1. The third kappa shape index (κ3) is 3.97. The van der Waals surface area contributed by atoms with Crippen molar-refractivity contribution in [3.63, 3.8) is 0 Å². The fourth-order valence-electron chi connectivity index (χ4n) is 1.53. The molecule has 0 fully saturated rings. The van der Waals surface area contributed by atoms with Gasteiger partial charge in [0.1, 0.15) is 13.1 Å². The average molecular weight is 252 g/mol. The zero-order valence-corrected chi connectivity index (χ0v) is 10.3. The summed E-state index contributed by atoms with van der Waals surface area (Å²) in [5.41, 5.74) is 1.46. The largest absolute Gasteiger partial charge is 0.480 e. The van der Waals surface area contributed by atoms with E-state index in [9.17, 15) is 9.59 Å². The Hall–Kier alpha value is -2.24. The Balaban J connectivity index is 2.99. The maximum atomic E-state index is 10.7. The quantitative estimate of drug-likeness (QED) is 0.776. The van der Waals surface area contributed by atoms with E-state index in [1.807, 2.05) is 25.1 Å². The third-order valence-corrected chi connectivity index (χ3v) is 2.36. The predicted molar refractivity (Wildman–Crippen MR) is 68.3 cm³/mol. The molecule has 1 aromatic rings. The van der Waals surface area contributed by atoms with Crippen molar-refractivity contribution in [2.45, 2.75) is 0 Å². The summed E-state index contributed by atoms with van der Waals surface area (Å²) < 4.78 is 0. The molecule has 2 N–H and O–H groups in total. The van der Waals surface area contributed by atoms with Crippen LogP contribution in [0.4, 0.5) is 11.4 Å². The molecule has 0 heterocycles. The molecule has 0 saturated carbocycles. The lowest BCUT2D eigenvalue weighted by molar-refractivity contribution is -0.136. The smallest absolute Gasteiger partial charge is 0.323 e. The van der Waals surface area contributed by atoms with E-state index < -0.39 is 11.9 Å². The van der Waals surface area contributed by atoms with Gasteiger partial charge in [0.2, 0.25) is 0 Å². The molecule has 0 aromatic heterocycles. The minimum Gasteiger partial charge on any atom is -0.480 e. The van der Waals surface area contributed by atoms with E-state index in [0.717, 1.165) is 5.69 Å². The van der Waals surface area contributed by atoms with Crippen LogP contribution >= 0.6 is 0 Å². The summed E-state index contributed by atoms with van der Waals surface area (Å²) in [6.45, 7) is -0.688. The molecule has 0 aliphatic heterocycles. The topological polar surface area (TPSA) is 81.1 Å². The monoisotopic (exact) mass is 252 g/mol. The Bertz CT molecular complexity index is 429. The van der Waals surface area contributed by atoms with Gasteiger partial charge in [0.25, 0.3) is 0 Å². The summed E-state index contributed by atoms with van der Waals surface area (Å²) in [6.07, 6.45) is 0. The number of nitrogens with zero attached hydrogens (tertiary/aromatic N) is 2. The first-order chi connectivity index (χ1) is 8.40. The van der Waals surface area contributed by atoms with Crippen molar-refractivity contribution in [3.05, 3.63) is 24.3 Å². The second-order valence-electron chi connectivity index (χ2n) is 4.06. The zero-order valence-electron chi connectivity index (χ0n) is 10.3. The number of carbonyl (C=O) groups is 2. The van der Waals surface area contributed by atoms with Crippen molar-refractivity contribution in [3.8, 4) is 0 Å². The Morgan fingerprint density at radius 1 is 1.06 bits per heavy atom. The molecule has 18 heavy (non-hydrogen) atoms. The van der Waals surface area contributed by atoms with Gasteiger partial charge in [-0.15, -0.1) is 0 Å². The zero-order chi connectivity index (χ0) is 13.7. The number of aliphatic carboxylic acids is 2. The van der Waals surface area contributed by atoms with E-state index in [4.69, 9.17) is 10.2 Å². The van der Waals surface area contributed by atoms with Crippen LogP contribution in [0.1, 0.15) is 0 Å². The number of carboxylic acid groups (broad SMARTS) is 2. The summed E-state index contributed by atoms with van der Waals surface area (Å²) in [7, 11) is 3.72. The molecular weight excluding hydrogens is 236 g/mol. The number of benzene rings is 1. The molecule has 0 aliphatic rings. The molecule has 0 atom stereocenters. The van der Waals surface area contributed by atoms with E-state index in [2.05, 4.69) is 0 Å². The number of rotatable bonds is 6. The normalized spacial score (nSPS) is 9.89. The molecule has 1 aromatic carbocycles. The van der Waals surface area contributed by atoms with Gasteiger partial charge in [-0.2, -0.15) is 0 Å². The molecule has 0 radical (unpaired) electrons. The van der Waals surface area contributed by atoms with E-state index in [-0.39, 0.29) is 13.1 Å². The van der Waals surface area contributed by atoms with E-state index >= 15 is 0 Å². The highest BCUT2D eigenvalue weighted by Gasteiger charge is 2.14. The summed E-state index contributed by atoms with van der Waals surface area (Å²) >= 11 is 0. The van der Waals surface area contributed by atoms with Crippen LogP contribution in [0.3, 0.4) is 0 Å². The van der Waals surface area contributed by atoms with Gasteiger partial charge >= 0.3 is 11.9 Å². The lowest BCUT2D eigenvalue weighted by Crippen LogP contribution is -2.34. The predicted octanol–water partition coefficient (Wildman–Crippen LogP) is 0.728. The lowest BCUT2D eigenvalue weighted by atomic mass is 10.2. The van der Waals surface area contributed by atoms with Crippen molar-refractivity contribution in [2.75, 3.05) is 37.0 Å². The fourth-order valence-corrected chi connectivity index (χ4v) is 1.53. The van der Waals surface area contributed by atoms with Crippen LogP contribution in [0, 0.1) is 0 Å². The van der Waals surface area contributed by atoms with Gasteiger partial charge < -0.3 is 20.0 Å². The molecule has 0 saturated heterocycles. The van der Waals surface area contributed by atoms with Crippen molar-refractivity contribution in [1.82, 2.24) is 0 Å². The summed E-state index contributed by atoms with van der Waals surface area (Å²) in [5.74, 6) is -2.13. The molecule has 98 valence electrons. The second-order valence-corrected chi connectivity index (χ2v) is 4.06. The Morgan fingerprint density at radius 3 is 2.00 bits per heavy atom. The van der Waals surface area contributed by atoms with Crippen molar-refractivity contribution in [1.29, 1.82) is 0 Å². The first-order valence-electron chi connectivity index (χ1n) is 5.36. The number of hydrogen-bond acceptors (Lipinski definition) is 4. The average Bonchev–Trinajstić information content (AvgIpc) is 2.27. The first kappa shape index (κ1) is 13.8. The van der Waals surface area contributed by atoms with E-state index in [1.165, 1.54) is 4.90 Å². The molecule has 0 aliphatic carbocycles. The molecule has 1 rings (SSSR count). The van der Waals surface area contributed by atoms with Crippen molar-refractivity contribution >= 4 is 23.3 Å². The maximum Gasteiger partial charge on any atom is 0.323 e. The second kappa shape index (κ2) is 5.90. The van der Waals surface area contributed by atoms with Crippen LogP contribution in [-0.2, 0) is 9.59 Å². The van der Waals surface area contributed by atoms with Crippen LogP contribution in [0.5, 0.6) is 0 Å². The molecule has 0 bridgehead atoms. The van der Waals surface area contributed by atoms with Gasteiger partial charge in [0.15, 0.2) is 0 Å². The van der Waals surface area contributed by atoms with Gasteiger partial charge in [-0.1, -0.05) is 6.07 Å². The first-order valence-corrected chi connectivity index (χ1v) is 5.36. The fraction of sp³-hybridized carbons (Fsp3) is 0.333. The van der Waals surface area contributed by atoms with Crippen LogP contribution < -0.4 is 9.80 Å². The third-order valence-electron chi connectivity index (χ3n) is 2.36. The lowest BCUT2D eigenvalue weighted by Gasteiger charge is -2.22. The summed E-state index contributed by atoms with van der Waals surface area (Å²) in [5, 5.41) is 17.6. The highest BCUT2D eigenvalue weighted by molar-refractivity contribution is 5.80. The number of carboxylic acids is 2. The van der Waals surface area contributed by atoms with Crippen molar-refractivity contribution < 1.29 is 19.8 Å². The maximum absolute atomic E-state index is 10.7. The van der Waals surface area contributed by atoms with E-state index in [0.29, 0.717) is 5.69 Å². The number of anilines is 2. The minimum atomic E-state index is -1.06. The Labute approximate surface area is 105 Å². The standard InChI is InChI=1S/C12H16N2O4/c1-13(2)9-4-3-5-10(6-9)14(7-11(15)16)8-12(17)18/h3-6H,7-8H2,1-2H3,(H,15,16)(H,17,18). The molecular formula is C12H16N2O4. The Morgan fingerprint density at radius 2 is 1.56 bits per heavy atom. The van der Waals surface area contributed by atoms with Gasteiger partial charge in [0.05, 0.1) is 0 Å². The molecule has 0 unspecified atom stereocenters. The Kier molecular flexibility index (Phi) is 4.53. The van der Waals surface area contributed by atoms with Gasteiger partial charge in [-0.25, -0.2) is 0 Å². The van der Waals surface area contributed by atoms with Crippen LogP contribution in [0.15, 0.2) is 24.3 Å². The van der Waals surface area contributed by atoms with E-state index in [1.54, 1.807) is 18.2 Å². The minimum absolute atomic E-state index is 0.344. The summed E-state index contributed by atoms with van der Waals surface area (Å²) in [6, 6.07) is 7.08. The van der Waals surface area contributed by atoms with Crippen LogP contribution in [0.2, 0.25) is 0 Å². The molecule has 6 heteroatoms.